The van der Waals surface area contributed by atoms with Gasteiger partial charge in [-0.05, 0) is 31.6 Å². The number of ether oxygens (including phenoxy) is 1. The van der Waals surface area contributed by atoms with Crippen molar-refractivity contribution < 1.29 is 9.53 Å². The van der Waals surface area contributed by atoms with Crippen LogP contribution in [0.25, 0.3) is 0 Å². The third-order valence-corrected chi connectivity index (χ3v) is 3.45. The normalized spacial score (nSPS) is 38.2. The summed E-state index contributed by atoms with van der Waals surface area (Å²) in [6.07, 6.45) is 8.49. The Bertz CT molecular complexity index is 234. The number of hydrogen-bond donors (Lipinski definition) is 0. The summed E-state index contributed by atoms with van der Waals surface area (Å²) in [5.74, 6) is 0.990. The van der Waals surface area contributed by atoms with Crippen molar-refractivity contribution in [3.05, 3.63) is 12.3 Å². The largest absolute Gasteiger partial charge is 0.487 e. The van der Waals surface area contributed by atoms with Crippen molar-refractivity contribution in [1.29, 1.82) is 0 Å². The molecule has 2 rings (SSSR count). The summed E-state index contributed by atoms with van der Waals surface area (Å²) in [5.41, 5.74) is -0.439. The van der Waals surface area contributed by atoms with E-state index in [1.165, 1.54) is 6.42 Å². The molecule has 0 N–H and O–H groups in total. The van der Waals surface area contributed by atoms with E-state index in [1.54, 1.807) is 12.3 Å². The first-order valence-electron chi connectivity index (χ1n) is 5.15. The second-order valence-corrected chi connectivity index (χ2v) is 4.13. The van der Waals surface area contributed by atoms with Gasteiger partial charge in [0.15, 0.2) is 5.60 Å². The van der Waals surface area contributed by atoms with Gasteiger partial charge in [-0.1, -0.05) is 13.3 Å². The lowest BCUT2D eigenvalue weighted by molar-refractivity contribution is -0.133. The summed E-state index contributed by atoms with van der Waals surface area (Å²) in [4.78, 5) is 11.5. The summed E-state index contributed by atoms with van der Waals surface area (Å²) >= 11 is 0. The molecule has 1 aliphatic heterocycles. The lowest BCUT2D eigenvalue weighted by Crippen LogP contribution is -2.40. The van der Waals surface area contributed by atoms with E-state index in [0.717, 1.165) is 31.6 Å². The molecule has 0 atom stereocenters. The molecule has 13 heavy (non-hydrogen) atoms. The maximum absolute atomic E-state index is 11.5. The van der Waals surface area contributed by atoms with Crippen molar-refractivity contribution in [2.24, 2.45) is 5.92 Å². The average molecular weight is 180 g/mol. The lowest BCUT2D eigenvalue weighted by Gasteiger charge is -2.34. The zero-order valence-corrected chi connectivity index (χ0v) is 8.08. The van der Waals surface area contributed by atoms with Crippen LogP contribution >= 0.6 is 0 Å². The predicted molar refractivity (Wildman–Crippen MR) is 50.2 cm³/mol. The van der Waals surface area contributed by atoms with Gasteiger partial charge >= 0.3 is 0 Å². The highest BCUT2D eigenvalue weighted by Gasteiger charge is 2.43. The molecule has 2 aliphatic rings. The van der Waals surface area contributed by atoms with Crippen molar-refractivity contribution in [3.8, 4) is 0 Å². The lowest BCUT2D eigenvalue weighted by atomic mass is 9.76. The maximum atomic E-state index is 11.5. The molecule has 1 heterocycles. The fourth-order valence-electron chi connectivity index (χ4n) is 2.35. The second kappa shape index (κ2) is 3.17. The van der Waals surface area contributed by atoms with E-state index < -0.39 is 5.60 Å². The molecule has 0 saturated heterocycles. The van der Waals surface area contributed by atoms with E-state index in [4.69, 9.17) is 4.74 Å². The molecule has 1 fully saturated rings. The second-order valence-electron chi connectivity index (χ2n) is 4.13. The van der Waals surface area contributed by atoms with Gasteiger partial charge in [0.1, 0.15) is 0 Å². The molecule has 0 unspecified atom stereocenters. The van der Waals surface area contributed by atoms with Gasteiger partial charge in [-0.3, -0.25) is 4.79 Å². The van der Waals surface area contributed by atoms with Crippen molar-refractivity contribution in [2.45, 2.75) is 44.6 Å². The number of ketones is 1. The third kappa shape index (κ3) is 1.38. The van der Waals surface area contributed by atoms with E-state index >= 15 is 0 Å². The van der Waals surface area contributed by atoms with Crippen molar-refractivity contribution in [3.63, 3.8) is 0 Å². The SMILES string of the molecule is CCC1CCC2(CC1)OC=CC2=O. The summed E-state index contributed by atoms with van der Waals surface area (Å²) in [5, 5.41) is 0. The van der Waals surface area contributed by atoms with Crippen LogP contribution in [-0.2, 0) is 9.53 Å². The number of rotatable bonds is 1. The van der Waals surface area contributed by atoms with Crippen LogP contribution in [0.3, 0.4) is 0 Å². The standard InChI is InChI=1S/C11H16O2/c1-2-9-3-6-11(7-4-9)10(12)5-8-13-11/h5,8-9H,2-4,6-7H2,1H3. The van der Waals surface area contributed by atoms with Crippen molar-refractivity contribution in [2.75, 3.05) is 0 Å². The highest BCUT2D eigenvalue weighted by Crippen LogP contribution is 2.39. The fraction of sp³-hybridized carbons (Fsp3) is 0.727. The van der Waals surface area contributed by atoms with Crippen LogP contribution in [0, 0.1) is 5.92 Å². The van der Waals surface area contributed by atoms with Gasteiger partial charge in [-0.25, -0.2) is 0 Å². The molecule has 0 aromatic carbocycles. The maximum Gasteiger partial charge on any atom is 0.202 e. The van der Waals surface area contributed by atoms with Gasteiger partial charge in [-0.15, -0.1) is 0 Å². The van der Waals surface area contributed by atoms with Crippen LogP contribution < -0.4 is 0 Å². The Morgan fingerprint density at radius 1 is 1.54 bits per heavy atom. The van der Waals surface area contributed by atoms with E-state index in [2.05, 4.69) is 6.92 Å². The fourth-order valence-corrected chi connectivity index (χ4v) is 2.35. The molecular formula is C11H16O2. The van der Waals surface area contributed by atoms with Crippen LogP contribution in [0.4, 0.5) is 0 Å². The smallest absolute Gasteiger partial charge is 0.202 e. The number of carbonyl (C=O) groups is 1. The van der Waals surface area contributed by atoms with Gasteiger partial charge < -0.3 is 4.74 Å². The predicted octanol–water partition coefficient (Wildman–Crippen LogP) is 2.44. The van der Waals surface area contributed by atoms with E-state index in [1.807, 2.05) is 0 Å². The zero-order chi connectivity index (χ0) is 9.31. The number of hydrogen-bond acceptors (Lipinski definition) is 2. The Balaban J connectivity index is 2.01. The molecule has 1 spiro atoms. The van der Waals surface area contributed by atoms with Gasteiger partial charge in [0.2, 0.25) is 5.78 Å². The van der Waals surface area contributed by atoms with Gasteiger partial charge in [0, 0.05) is 6.08 Å². The van der Waals surface area contributed by atoms with E-state index in [9.17, 15) is 4.79 Å². The molecule has 0 aromatic heterocycles. The van der Waals surface area contributed by atoms with Crippen LogP contribution in [0.5, 0.6) is 0 Å². The molecule has 1 saturated carbocycles. The van der Waals surface area contributed by atoms with Crippen molar-refractivity contribution in [1.82, 2.24) is 0 Å². The summed E-state index contributed by atoms with van der Waals surface area (Å²) in [7, 11) is 0. The van der Waals surface area contributed by atoms with Crippen LogP contribution in [-0.4, -0.2) is 11.4 Å². The molecule has 0 amide bonds. The van der Waals surface area contributed by atoms with E-state index in [0.29, 0.717) is 0 Å². The van der Waals surface area contributed by atoms with Crippen LogP contribution in [0.2, 0.25) is 0 Å². The van der Waals surface area contributed by atoms with Gasteiger partial charge in [-0.2, -0.15) is 0 Å². The monoisotopic (exact) mass is 180 g/mol. The average Bonchev–Trinajstić information content (AvgIpc) is 2.50. The highest BCUT2D eigenvalue weighted by molar-refractivity contribution is 5.98. The molecule has 2 nitrogen and oxygen atoms in total. The number of carbonyl (C=O) groups excluding carboxylic acids is 1. The quantitative estimate of drug-likeness (QED) is 0.619. The first kappa shape index (κ1) is 8.79. The van der Waals surface area contributed by atoms with Crippen LogP contribution in [0.15, 0.2) is 12.3 Å². The first-order valence-corrected chi connectivity index (χ1v) is 5.15. The minimum Gasteiger partial charge on any atom is -0.487 e. The van der Waals surface area contributed by atoms with Crippen molar-refractivity contribution >= 4 is 5.78 Å². The molecule has 0 aromatic rings. The highest BCUT2D eigenvalue weighted by atomic mass is 16.5. The summed E-state index contributed by atoms with van der Waals surface area (Å²) in [6.45, 7) is 2.22. The third-order valence-electron chi connectivity index (χ3n) is 3.45. The summed E-state index contributed by atoms with van der Waals surface area (Å²) < 4.78 is 5.46. The van der Waals surface area contributed by atoms with Crippen LogP contribution in [0.1, 0.15) is 39.0 Å². The Hall–Kier alpha value is -0.790. The minimum atomic E-state index is -0.439. The Morgan fingerprint density at radius 2 is 2.23 bits per heavy atom. The molecule has 0 radical (unpaired) electrons. The minimum absolute atomic E-state index is 0.182. The molecule has 0 bridgehead atoms. The Morgan fingerprint density at radius 3 is 2.69 bits per heavy atom. The van der Waals surface area contributed by atoms with Gasteiger partial charge in [0.05, 0.1) is 6.26 Å². The van der Waals surface area contributed by atoms with E-state index in [-0.39, 0.29) is 5.78 Å². The Labute approximate surface area is 79.0 Å². The topological polar surface area (TPSA) is 26.3 Å². The van der Waals surface area contributed by atoms with Gasteiger partial charge in [0.25, 0.3) is 0 Å². The molecular weight excluding hydrogens is 164 g/mol. The molecule has 1 aliphatic carbocycles. The molecule has 2 heteroatoms. The first-order chi connectivity index (χ1) is 6.27. The summed E-state index contributed by atoms with van der Waals surface area (Å²) in [6, 6.07) is 0. The Kier molecular flexibility index (Phi) is 2.14. The molecule has 72 valence electrons. The zero-order valence-electron chi connectivity index (χ0n) is 8.08.